The molecule has 2 rings (SSSR count). The molecule has 8 heteroatoms. The van der Waals surface area contributed by atoms with Crippen LogP contribution in [-0.2, 0) is 10.0 Å². The molecule has 1 heterocycles. The molecule has 0 aliphatic heterocycles. The Morgan fingerprint density at radius 2 is 1.95 bits per heavy atom. The number of hydrogen-bond donors (Lipinski definition) is 1. The van der Waals surface area contributed by atoms with Gasteiger partial charge in [0.05, 0.1) is 4.90 Å². The maximum atomic E-state index is 12.0. The summed E-state index contributed by atoms with van der Waals surface area (Å²) >= 11 is 4.71. The molecule has 21 heavy (non-hydrogen) atoms. The standard InChI is InChI=1S/C13H14BrN3O2S2/c1-17(2)21(18,19)10-4-5-12(11(15)7-10)20-13-6-3-9(14)8-16-13/h3-8H,15H2,1-2H3. The maximum Gasteiger partial charge on any atom is 0.242 e. The van der Waals surface area contributed by atoms with Gasteiger partial charge in [0.25, 0.3) is 0 Å². The molecule has 0 aliphatic rings. The van der Waals surface area contributed by atoms with Crippen LogP contribution in [0.1, 0.15) is 0 Å². The molecule has 112 valence electrons. The molecular weight excluding hydrogens is 374 g/mol. The average Bonchev–Trinajstić information content (AvgIpc) is 2.43. The van der Waals surface area contributed by atoms with Gasteiger partial charge >= 0.3 is 0 Å². The Balaban J connectivity index is 2.30. The second-order valence-corrected chi connectivity index (χ2v) is 8.53. The number of nitrogens with zero attached hydrogens (tertiary/aromatic N) is 2. The summed E-state index contributed by atoms with van der Waals surface area (Å²) in [7, 11) is -0.500. The third kappa shape index (κ3) is 3.76. The van der Waals surface area contributed by atoms with Gasteiger partial charge in [-0.2, -0.15) is 0 Å². The van der Waals surface area contributed by atoms with Crippen molar-refractivity contribution in [2.45, 2.75) is 14.8 Å². The number of sulfonamides is 1. The van der Waals surface area contributed by atoms with Gasteiger partial charge in [0.1, 0.15) is 5.03 Å². The highest BCUT2D eigenvalue weighted by Gasteiger charge is 2.18. The van der Waals surface area contributed by atoms with E-state index in [0.717, 1.165) is 18.7 Å². The molecule has 0 amide bonds. The van der Waals surface area contributed by atoms with Crippen molar-refractivity contribution in [3.05, 3.63) is 41.0 Å². The summed E-state index contributed by atoms with van der Waals surface area (Å²) in [6, 6.07) is 8.46. The molecule has 0 fully saturated rings. The summed E-state index contributed by atoms with van der Waals surface area (Å²) in [5.41, 5.74) is 6.36. The van der Waals surface area contributed by atoms with Crippen molar-refractivity contribution in [1.82, 2.24) is 9.29 Å². The number of nitrogens with two attached hydrogens (primary N) is 1. The smallest absolute Gasteiger partial charge is 0.242 e. The van der Waals surface area contributed by atoms with Gasteiger partial charge in [0.15, 0.2) is 0 Å². The van der Waals surface area contributed by atoms with Gasteiger partial charge < -0.3 is 5.73 Å². The molecule has 2 N–H and O–H groups in total. The number of nitrogen functional groups attached to an aromatic ring is 1. The quantitative estimate of drug-likeness (QED) is 0.816. The second-order valence-electron chi connectivity index (χ2n) is 4.40. The van der Waals surface area contributed by atoms with Crippen molar-refractivity contribution in [3.8, 4) is 0 Å². The molecule has 2 aromatic rings. The first kappa shape index (κ1) is 16.3. The van der Waals surface area contributed by atoms with Gasteiger partial charge in [0, 0.05) is 35.3 Å². The Hall–Kier alpha value is -1.09. The summed E-state index contributed by atoms with van der Waals surface area (Å²) in [6.07, 6.45) is 1.70. The van der Waals surface area contributed by atoms with Crippen molar-refractivity contribution >= 4 is 43.4 Å². The lowest BCUT2D eigenvalue weighted by molar-refractivity contribution is 0.520. The van der Waals surface area contributed by atoms with Crippen LogP contribution in [0.15, 0.2) is 55.8 Å². The Morgan fingerprint density at radius 1 is 1.24 bits per heavy atom. The number of rotatable bonds is 4. The molecule has 0 saturated heterocycles. The van der Waals surface area contributed by atoms with E-state index in [4.69, 9.17) is 5.73 Å². The summed E-state index contributed by atoms with van der Waals surface area (Å²) in [5.74, 6) is 0. The SMILES string of the molecule is CN(C)S(=O)(=O)c1ccc(Sc2ccc(Br)cn2)c(N)c1. The van der Waals surface area contributed by atoms with Gasteiger partial charge in [-0.3, -0.25) is 0 Å². The zero-order chi connectivity index (χ0) is 15.6. The van der Waals surface area contributed by atoms with E-state index in [1.165, 1.54) is 31.9 Å². The van der Waals surface area contributed by atoms with Crippen molar-refractivity contribution in [3.63, 3.8) is 0 Å². The lowest BCUT2D eigenvalue weighted by atomic mass is 10.3. The van der Waals surface area contributed by atoms with Gasteiger partial charge in [-0.15, -0.1) is 0 Å². The minimum atomic E-state index is -3.47. The summed E-state index contributed by atoms with van der Waals surface area (Å²) in [4.78, 5) is 5.19. The minimum absolute atomic E-state index is 0.179. The van der Waals surface area contributed by atoms with Gasteiger partial charge in [-0.1, -0.05) is 11.8 Å². The molecule has 1 aromatic carbocycles. The van der Waals surface area contributed by atoms with Crippen LogP contribution in [0.3, 0.4) is 0 Å². The molecule has 0 bridgehead atoms. The maximum absolute atomic E-state index is 12.0. The Labute approximate surface area is 136 Å². The largest absolute Gasteiger partial charge is 0.398 e. The van der Waals surface area contributed by atoms with Crippen LogP contribution in [0.25, 0.3) is 0 Å². The van der Waals surface area contributed by atoms with Crippen LogP contribution in [0.4, 0.5) is 5.69 Å². The van der Waals surface area contributed by atoms with E-state index in [0.29, 0.717) is 5.69 Å². The van der Waals surface area contributed by atoms with Crippen LogP contribution in [0.2, 0.25) is 0 Å². The normalized spacial score (nSPS) is 11.8. The topological polar surface area (TPSA) is 76.3 Å². The summed E-state index contributed by atoms with van der Waals surface area (Å²) in [6.45, 7) is 0. The predicted molar refractivity (Wildman–Crippen MR) is 87.8 cm³/mol. The van der Waals surface area contributed by atoms with Crippen LogP contribution >= 0.6 is 27.7 Å². The third-order valence-corrected chi connectivity index (χ3v) is 6.00. The third-order valence-electron chi connectivity index (χ3n) is 2.67. The number of halogens is 1. The zero-order valence-electron chi connectivity index (χ0n) is 11.4. The van der Waals surface area contributed by atoms with Crippen LogP contribution < -0.4 is 5.73 Å². The first-order valence-corrected chi connectivity index (χ1v) is 8.97. The molecule has 0 atom stereocenters. The van der Waals surface area contributed by atoms with Gasteiger partial charge in [-0.25, -0.2) is 17.7 Å². The van der Waals surface area contributed by atoms with E-state index < -0.39 is 10.0 Å². The Bertz CT molecular complexity index is 747. The van der Waals surface area contributed by atoms with Crippen molar-refractivity contribution < 1.29 is 8.42 Å². The van der Waals surface area contributed by atoms with Crippen LogP contribution in [0.5, 0.6) is 0 Å². The van der Waals surface area contributed by atoms with E-state index in [1.54, 1.807) is 18.3 Å². The van der Waals surface area contributed by atoms with E-state index in [9.17, 15) is 8.42 Å². The molecule has 0 spiro atoms. The average molecular weight is 388 g/mol. The fourth-order valence-corrected chi connectivity index (χ4v) is 3.48. The second kappa shape index (κ2) is 6.35. The van der Waals surface area contributed by atoms with Crippen LogP contribution in [-0.4, -0.2) is 31.8 Å². The lowest BCUT2D eigenvalue weighted by Crippen LogP contribution is -2.22. The van der Waals surface area contributed by atoms with E-state index in [-0.39, 0.29) is 4.90 Å². The molecule has 1 aromatic heterocycles. The molecular formula is C13H14BrN3O2S2. The molecule has 5 nitrogen and oxygen atoms in total. The van der Waals surface area contributed by atoms with Crippen molar-refractivity contribution in [1.29, 1.82) is 0 Å². The first-order chi connectivity index (χ1) is 9.80. The fraction of sp³-hybridized carbons (Fsp3) is 0.154. The summed E-state index contributed by atoms with van der Waals surface area (Å²) in [5, 5.41) is 0.785. The highest BCUT2D eigenvalue weighted by molar-refractivity contribution is 9.10. The minimum Gasteiger partial charge on any atom is -0.398 e. The first-order valence-electron chi connectivity index (χ1n) is 5.92. The highest BCUT2D eigenvalue weighted by Crippen LogP contribution is 2.32. The number of anilines is 1. The monoisotopic (exact) mass is 387 g/mol. The number of hydrogen-bond acceptors (Lipinski definition) is 5. The summed E-state index contributed by atoms with van der Waals surface area (Å²) < 4.78 is 26.1. The molecule has 0 saturated carbocycles. The highest BCUT2D eigenvalue weighted by atomic mass is 79.9. The van der Waals surface area contributed by atoms with Crippen molar-refractivity contribution in [2.75, 3.05) is 19.8 Å². The van der Waals surface area contributed by atoms with Gasteiger partial charge in [-0.05, 0) is 46.3 Å². The van der Waals surface area contributed by atoms with Gasteiger partial charge in [0.2, 0.25) is 10.0 Å². The Morgan fingerprint density at radius 3 is 2.48 bits per heavy atom. The number of benzene rings is 1. The number of aromatic nitrogens is 1. The lowest BCUT2D eigenvalue weighted by Gasteiger charge is -2.13. The van der Waals surface area contributed by atoms with E-state index >= 15 is 0 Å². The molecule has 0 radical (unpaired) electrons. The predicted octanol–water partition coefficient (Wildman–Crippen LogP) is 2.83. The molecule has 0 aliphatic carbocycles. The zero-order valence-corrected chi connectivity index (χ0v) is 14.7. The van der Waals surface area contributed by atoms with Crippen LogP contribution in [0, 0.1) is 0 Å². The molecule has 0 unspecified atom stereocenters. The van der Waals surface area contributed by atoms with E-state index in [1.807, 2.05) is 12.1 Å². The Kier molecular flexibility index (Phi) is 4.92. The van der Waals surface area contributed by atoms with Crippen molar-refractivity contribution in [2.24, 2.45) is 0 Å². The number of pyridine rings is 1. The fourth-order valence-electron chi connectivity index (χ4n) is 1.53. The van der Waals surface area contributed by atoms with E-state index in [2.05, 4.69) is 20.9 Å².